The fourth-order valence-electron chi connectivity index (χ4n) is 4.23. The van der Waals surface area contributed by atoms with Crippen LogP contribution in [0.15, 0.2) is 78.9 Å². The summed E-state index contributed by atoms with van der Waals surface area (Å²) < 4.78 is 1.09. The van der Waals surface area contributed by atoms with Crippen molar-refractivity contribution in [2.24, 2.45) is 0 Å². The Kier molecular flexibility index (Phi) is 6.05. The zero-order chi connectivity index (χ0) is 24.4. The smallest absolute Gasteiger partial charge is 0.324 e. The molecule has 4 amide bonds. The number of rotatable bonds is 7. The topological polar surface area (TPSA) is 91.4 Å². The van der Waals surface area contributed by atoms with Crippen molar-refractivity contribution in [2.75, 3.05) is 11.9 Å². The van der Waals surface area contributed by atoms with Gasteiger partial charge < -0.3 is 10.6 Å². The number of benzene rings is 3. The third-order valence-electron chi connectivity index (χ3n) is 6.22. The summed E-state index contributed by atoms with van der Waals surface area (Å²) >= 11 is 1.60. The van der Waals surface area contributed by atoms with Crippen molar-refractivity contribution in [2.45, 2.75) is 25.3 Å². The normalized spacial score (nSPS) is 15.2. The minimum atomic E-state index is -0.865. The molecule has 0 bridgehead atoms. The van der Waals surface area contributed by atoms with E-state index in [1.54, 1.807) is 29.5 Å². The van der Waals surface area contributed by atoms with Crippen LogP contribution in [-0.4, -0.2) is 34.3 Å². The minimum absolute atomic E-state index is 0.0104. The number of nitrogens with zero attached hydrogens (tertiary/aromatic N) is 2. The van der Waals surface area contributed by atoms with Gasteiger partial charge in [-0.05, 0) is 42.3 Å². The quantitative estimate of drug-likeness (QED) is 0.378. The third kappa shape index (κ3) is 4.65. The third-order valence-corrected chi connectivity index (χ3v) is 7.25. The van der Waals surface area contributed by atoms with Crippen molar-refractivity contribution in [3.05, 3.63) is 95.0 Å². The van der Waals surface area contributed by atoms with Crippen LogP contribution in [0.1, 0.15) is 23.1 Å². The number of amides is 4. The molecule has 0 spiro atoms. The Morgan fingerprint density at radius 1 is 1.06 bits per heavy atom. The number of anilines is 1. The maximum atomic E-state index is 13.8. The highest BCUT2D eigenvalue weighted by atomic mass is 32.1. The second kappa shape index (κ2) is 9.31. The van der Waals surface area contributed by atoms with Crippen LogP contribution in [-0.2, 0) is 28.0 Å². The van der Waals surface area contributed by atoms with E-state index in [0.29, 0.717) is 12.1 Å². The van der Waals surface area contributed by atoms with Crippen LogP contribution in [0.25, 0.3) is 10.2 Å². The fourth-order valence-corrected chi connectivity index (χ4v) is 5.36. The molecule has 176 valence electrons. The summed E-state index contributed by atoms with van der Waals surface area (Å²) in [6.07, 6.45) is 0.449. The van der Waals surface area contributed by atoms with Crippen LogP contribution < -0.4 is 10.6 Å². The average Bonchev–Trinajstić information content (AvgIpc) is 3.42. The van der Waals surface area contributed by atoms with E-state index in [-0.39, 0.29) is 24.9 Å². The van der Waals surface area contributed by atoms with Gasteiger partial charge >= 0.3 is 6.03 Å². The number of thiazole rings is 1. The molecule has 1 saturated heterocycles. The van der Waals surface area contributed by atoms with Crippen molar-refractivity contribution in [1.82, 2.24) is 15.2 Å². The van der Waals surface area contributed by atoms with E-state index in [0.717, 1.165) is 26.4 Å². The number of imide groups is 1. The van der Waals surface area contributed by atoms with E-state index in [1.165, 1.54) is 4.90 Å². The van der Waals surface area contributed by atoms with Gasteiger partial charge in [0.05, 0.1) is 33.7 Å². The number of carbonyl (C=O) groups excluding carboxylic acids is 3. The van der Waals surface area contributed by atoms with Crippen LogP contribution >= 0.6 is 11.3 Å². The molecule has 1 aliphatic rings. The van der Waals surface area contributed by atoms with E-state index in [4.69, 9.17) is 4.98 Å². The predicted octanol–water partition coefficient (Wildman–Crippen LogP) is 4.49. The Morgan fingerprint density at radius 2 is 1.83 bits per heavy atom. The number of urea groups is 1. The molecule has 1 unspecified atom stereocenters. The Morgan fingerprint density at radius 3 is 2.57 bits per heavy atom. The summed E-state index contributed by atoms with van der Waals surface area (Å²) in [5, 5.41) is 6.47. The van der Waals surface area contributed by atoms with Gasteiger partial charge in [0.15, 0.2) is 0 Å². The molecule has 1 aliphatic heterocycles. The fraction of sp³-hybridized carbons (Fsp3) is 0.185. The van der Waals surface area contributed by atoms with Gasteiger partial charge in [0.2, 0.25) is 11.8 Å². The van der Waals surface area contributed by atoms with Crippen LogP contribution in [0, 0.1) is 0 Å². The zero-order valence-corrected chi connectivity index (χ0v) is 20.0. The molecule has 35 heavy (non-hydrogen) atoms. The SMILES string of the molecule is CC(Cc1nc2ccccc2s1)(C(=O)Nc1cccc(CN2C(=O)CNC2=O)c1)c1ccccc1. The van der Waals surface area contributed by atoms with Gasteiger partial charge in [-0.1, -0.05) is 54.6 Å². The summed E-state index contributed by atoms with van der Waals surface area (Å²) in [5.41, 5.74) is 2.31. The van der Waals surface area contributed by atoms with Gasteiger partial charge in [-0.3, -0.25) is 14.5 Å². The highest BCUT2D eigenvalue weighted by Gasteiger charge is 2.37. The summed E-state index contributed by atoms with van der Waals surface area (Å²) in [7, 11) is 0. The van der Waals surface area contributed by atoms with Crippen LogP contribution in [0.5, 0.6) is 0 Å². The lowest BCUT2D eigenvalue weighted by molar-refractivity contribution is -0.125. The maximum Gasteiger partial charge on any atom is 0.324 e. The maximum absolute atomic E-state index is 13.8. The van der Waals surface area contributed by atoms with Crippen LogP contribution in [0.4, 0.5) is 10.5 Å². The van der Waals surface area contributed by atoms with E-state index in [9.17, 15) is 14.4 Å². The summed E-state index contributed by atoms with van der Waals surface area (Å²) in [6.45, 7) is 2.09. The highest BCUT2D eigenvalue weighted by molar-refractivity contribution is 7.18. The standard InChI is InChI=1S/C27H24N4O3S/c1-27(19-9-3-2-4-10-19,15-23-30-21-12-5-6-13-22(21)35-23)25(33)29-20-11-7-8-18(14-20)17-31-24(32)16-28-26(31)34/h2-14H,15-17H2,1H3,(H,28,34)(H,29,33). The molecule has 0 radical (unpaired) electrons. The molecule has 2 N–H and O–H groups in total. The van der Waals surface area contributed by atoms with Gasteiger partial charge in [-0.15, -0.1) is 11.3 Å². The first-order chi connectivity index (χ1) is 16.9. The van der Waals surface area contributed by atoms with Gasteiger partial charge in [-0.2, -0.15) is 0 Å². The number of fused-ring (bicyclic) bond motifs is 1. The van der Waals surface area contributed by atoms with Gasteiger partial charge in [0.1, 0.15) is 0 Å². The molecule has 3 aromatic carbocycles. The van der Waals surface area contributed by atoms with Crippen LogP contribution in [0.2, 0.25) is 0 Å². The average molecular weight is 485 g/mol. The molecular weight excluding hydrogens is 460 g/mol. The second-order valence-electron chi connectivity index (χ2n) is 8.74. The highest BCUT2D eigenvalue weighted by Crippen LogP contribution is 2.33. The molecule has 4 aromatic rings. The molecule has 8 heteroatoms. The molecule has 1 fully saturated rings. The van der Waals surface area contributed by atoms with Gasteiger partial charge in [-0.25, -0.2) is 9.78 Å². The monoisotopic (exact) mass is 484 g/mol. The molecular formula is C27H24N4O3S. The largest absolute Gasteiger partial charge is 0.329 e. The summed E-state index contributed by atoms with van der Waals surface area (Å²) in [5.74, 6) is -0.424. The Balaban J connectivity index is 1.41. The van der Waals surface area contributed by atoms with Crippen molar-refractivity contribution in [3.63, 3.8) is 0 Å². The number of carbonyl (C=O) groups is 3. The summed E-state index contributed by atoms with van der Waals surface area (Å²) in [6, 6.07) is 24.5. The number of para-hydroxylation sites is 1. The first-order valence-electron chi connectivity index (χ1n) is 11.3. The number of hydrogen-bond donors (Lipinski definition) is 2. The molecule has 0 saturated carbocycles. The lowest BCUT2D eigenvalue weighted by Gasteiger charge is -2.28. The van der Waals surface area contributed by atoms with Crippen molar-refractivity contribution >= 4 is 45.1 Å². The first-order valence-corrected chi connectivity index (χ1v) is 12.1. The molecule has 1 aromatic heterocycles. The van der Waals surface area contributed by atoms with Crippen molar-refractivity contribution < 1.29 is 14.4 Å². The van der Waals surface area contributed by atoms with Gasteiger partial charge in [0.25, 0.3) is 0 Å². The number of aromatic nitrogens is 1. The lowest BCUT2D eigenvalue weighted by atomic mass is 9.78. The summed E-state index contributed by atoms with van der Waals surface area (Å²) in [4.78, 5) is 43.5. The molecule has 0 aliphatic carbocycles. The lowest BCUT2D eigenvalue weighted by Crippen LogP contribution is -2.39. The van der Waals surface area contributed by atoms with E-state index < -0.39 is 11.4 Å². The molecule has 2 heterocycles. The molecule has 1 atom stereocenters. The number of nitrogens with one attached hydrogen (secondary N) is 2. The molecule has 5 rings (SSSR count). The Hall–Kier alpha value is -4.04. The predicted molar refractivity (Wildman–Crippen MR) is 136 cm³/mol. The minimum Gasteiger partial charge on any atom is -0.329 e. The zero-order valence-electron chi connectivity index (χ0n) is 19.2. The van der Waals surface area contributed by atoms with E-state index in [2.05, 4.69) is 10.6 Å². The Labute approximate surface area is 206 Å². The Bertz CT molecular complexity index is 1370. The van der Waals surface area contributed by atoms with Crippen LogP contribution in [0.3, 0.4) is 0 Å². The van der Waals surface area contributed by atoms with E-state index in [1.807, 2.05) is 67.6 Å². The van der Waals surface area contributed by atoms with Gasteiger partial charge in [0, 0.05) is 12.1 Å². The second-order valence-corrected chi connectivity index (χ2v) is 9.86. The first kappa shape index (κ1) is 22.7. The molecule has 7 nitrogen and oxygen atoms in total. The van der Waals surface area contributed by atoms with Crippen molar-refractivity contribution in [3.8, 4) is 0 Å². The van der Waals surface area contributed by atoms with Crippen molar-refractivity contribution in [1.29, 1.82) is 0 Å². The number of hydrogen-bond acceptors (Lipinski definition) is 5. The van der Waals surface area contributed by atoms with E-state index >= 15 is 0 Å².